The summed E-state index contributed by atoms with van der Waals surface area (Å²) in [4.78, 5) is 0. The third kappa shape index (κ3) is 2.43. The fraction of sp³-hybridized carbons (Fsp3) is 0.538. The normalized spacial score (nSPS) is 20.9. The number of benzene rings is 1. The van der Waals surface area contributed by atoms with E-state index in [2.05, 4.69) is 47.2 Å². The highest BCUT2D eigenvalue weighted by molar-refractivity contribution is 9.10. The van der Waals surface area contributed by atoms with Crippen LogP contribution in [0.5, 0.6) is 0 Å². The average Bonchev–Trinajstić information content (AvgIpc) is 2.72. The van der Waals surface area contributed by atoms with Crippen molar-refractivity contribution in [3.8, 4) is 0 Å². The molecule has 1 nitrogen and oxygen atoms in total. The molecule has 1 atom stereocenters. The molecule has 0 bridgehead atoms. The number of hydrogen-bond acceptors (Lipinski definition) is 1. The second kappa shape index (κ2) is 4.67. The van der Waals surface area contributed by atoms with Crippen molar-refractivity contribution < 1.29 is 0 Å². The number of hydrogen-bond donors (Lipinski definition) is 1. The second-order valence-corrected chi connectivity index (χ2v) is 5.37. The molecule has 0 saturated carbocycles. The first-order chi connectivity index (χ1) is 7.18. The van der Waals surface area contributed by atoms with Crippen molar-refractivity contribution in [3.63, 3.8) is 0 Å². The molecule has 1 fully saturated rings. The quantitative estimate of drug-likeness (QED) is 0.868. The van der Waals surface area contributed by atoms with Crippen LogP contribution in [0.15, 0.2) is 16.6 Å². The zero-order valence-corrected chi connectivity index (χ0v) is 11.0. The molecule has 1 aliphatic heterocycles. The summed E-state index contributed by atoms with van der Waals surface area (Å²) in [6.07, 6.45) is 2.56. The van der Waals surface area contributed by atoms with Crippen LogP contribution < -0.4 is 5.32 Å². The highest BCUT2D eigenvalue weighted by Gasteiger charge is 2.16. The van der Waals surface area contributed by atoms with Crippen molar-refractivity contribution >= 4 is 15.9 Å². The van der Waals surface area contributed by atoms with Gasteiger partial charge in [-0.25, -0.2) is 0 Å². The van der Waals surface area contributed by atoms with Crippen molar-refractivity contribution in [1.29, 1.82) is 0 Å². The predicted octanol–water partition coefficient (Wildman–Crippen LogP) is 3.22. The van der Waals surface area contributed by atoms with E-state index in [0.29, 0.717) is 0 Å². The highest BCUT2D eigenvalue weighted by Crippen LogP contribution is 2.25. The van der Waals surface area contributed by atoms with Gasteiger partial charge >= 0.3 is 0 Å². The van der Waals surface area contributed by atoms with Gasteiger partial charge < -0.3 is 5.32 Å². The number of nitrogens with one attached hydrogen (secondary N) is 1. The molecule has 1 aliphatic rings. The van der Waals surface area contributed by atoms with E-state index in [1.165, 1.54) is 47.1 Å². The molecular weight excluding hydrogens is 250 g/mol. The Morgan fingerprint density at radius 2 is 2.13 bits per heavy atom. The van der Waals surface area contributed by atoms with Gasteiger partial charge in [0, 0.05) is 4.47 Å². The van der Waals surface area contributed by atoms with Crippen molar-refractivity contribution in [3.05, 3.63) is 33.3 Å². The molecule has 1 saturated heterocycles. The third-order valence-corrected chi connectivity index (χ3v) is 4.36. The van der Waals surface area contributed by atoms with E-state index < -0.39 is 0 Å². The van der Waals surface area contributed by atoms with Gasteiger partial charge in [0.2, 0.25) is 0 Å². The molecule has 1 unspecified atom stereocenters. The summed E-state index contributed by atoms with van der Waals surface area (Å²) in [5.74, 6) is 0.837. The summed E-state index contributed by atoms with van der Waals surface area (Å²) < 4.78 is 1.23. The van der Waals surface area contributed by atoms with E-state index in [9.17, 15) is 0 Å². The van der Waals surface area contributed by atoms with Gasteiger partial charge in [-0.1, -0.05) is 22.0 Å². The largest absolute Gasteiger partial charge is 0.316 e. The summed E-state index contributed by atoms with van der Waals surface area (Å²) in [6, 6.07) is 4.45. The number of halogens is 1. The lowest BCUT2D eigenvalue weighted by atomic mass is 9.93. The lowest BCUT2D eigenvalue weighted by Gasteiger charge is -2.13. The van der Waals surface area contributed by atoms with Crippen LogP contribution in [-0.4, -0.2) is 13.1 Å². The minimum atomic E-state index is 0.837. The first kappa shape index (κ1) is 11.2. The molecule has 0 spiro atoms. The molecule has 1 heterocycles. The van der Waals surface area contributed by atoms with Crippen molar-refractivity contribution in [2.24, 2.45) is 5.92 Å². The third-order valence-electron chi connectivity index (χ3n) is 3.50. The van der Waals surface area contributed by atoms with Gasteiger partial charge in [0.25, 0.3) is 0 Å². The fourth-order valence-corrected chi connectivity index (χ4v) is 2.69. The van der Waals surface area contributed by atoms with Crippen LogP contribution in [0, 0.1) is 19.8 Å². The Balaban J connectivity index is 2.17. The highest BCUT2D eigenvalue weighted by atomic mass is 79.9. The molecule has 0 amide bonds. The molecule has 0 radical (unpaired) electrons. The van der Waals surface area contributed by atoms with Gasteiger partial charge in [-0.15, -0.1) is 0 Å². The predicted molar refractivity (Wildman–Crippen MR) is 68.3 cm³/mol. The summed E-state index contributed by atoms with van der Waals surface area (Å²) in [6.45, 7) is 6.81. The van der Waals surface area contributed by atoms with Gasteiger partial charge in [-0.2, -0.15) is 0 Å². The van der Waals surface area contributed by atoms with Crippen molar-refractivity contribution in [2.75, 3.05) is 13.1 Å². The Kier molecular flexibility index (Phi) is 3.47. The molecule has 1 aromatic carbocycles. The SMILES string of the molecule is Cc1c(Br)ccc(CC2CCNC2)c1C. The van der Waals surface area contributed by atoms with Crippen LogP contribution in [0.25, 0.3) is 0 Å². The van der Waals surface area contributed by atoms with E-state index >= 15 is 0 Å². The van der Waals surface area contributed by atoms with Gasteiger partial charge in [-0.3, -0.25) is 0 Å². The Morgan fingerprint density at radius 3 is 2.80 bits per heavy atom. The minimum absolute atomic E-state index is 0.837. The molecule has 15 heavy (non-hydrogen) atoms. The van der Waals surface area contributed by atoms with E-state index in [0.717, 1.165) is 5.92 Å². The lowest BCUT2D eigenvalue weighted by molar-refractivity contribution is 0.578. The van der Waals surface area contributed by atoms with E-state index in [1.54, 1.807) is 0 Å². The van der Waals surface area contributed by atoms with E-state index in [1.807, 2.05) is 0 Å². The van der Waals surface area contributed by atoms with Crippen LogP contribution in [0.2, 0.25) is 0 Å². The van der Waals surface area contributed by atoms with Crippen molar-refractivity contribution in [1.82, 2.24) is 5.32 Å². The van der Waals surface area contributed by atoms with Crippen LogP contribution in [0.1, 0.15) is 23.1 Å². The first-order valence-corrected chi connectivity index (χ1v) is 6.43. The van der Waals surface area contributed by atoms with E-state index in [4.69, 9.17) is 0 Å². The van der Waals surface area contributed by atoms with Crippen LogP contribution in [-0.2, 0) is 6.42 Å². The Hall–Kier alpha value is -0.340. The Morgan fingerprint density at radius 1 is 1.33 bits per heavy atom. The average molecular weight is 268 g/mol. The van der Waals surface area contributed by atoms with Crippen LogP contribution in [0.3, 0.4) is 0 Å². The maximum atomic E-state index is 3.58. The standard InChI is InChI=1S/C13H18BrN/c1-9-10(2)13(14)4-3-12(9)7-11-5-6-15-8-11/h3-4,11,15H,5-8H2,1-2H3. The second-order valence-electron chi connectivity index (χ2n) is 4.52. The summed E-state index contributed by atoms with van der Waals surface area (Å²) >= 11 is 3.58. The molecule has 0 aromatic heterocycles. The Labute approximate surface area is 100 Å². The molecule has 1 N–H and O–H groups in total. The molecule has 1 aromatic rings. The molecule has 2 heteroatoms. The molecule has 0 aliphatic carbocycles. The monoisotopic (exact) mass is 267 g/mol. The van der Waals surface area contributed by atoms with Gasteiger partial charge in [0.1, 0.15) is 0 Å². The lowest BCUT2D eigenvalue weighted by Crippen LogP contribution is -2.11. The van der Waals surface area contributed by atoms with Crippen LogP contribution >= 0.6 is 15.9 Å². The minimum Gasteiger partial charge on any atom is -0.316 e. The van der Waals surface area contributed by atoms with Crippen LogP contribution in [0.4, 0.5) is 0 Å². The van der Waals surface area contributed by atoms with Gasteiger partial charge in [-0.05, 0) is 68.5 Å². The maximum Gasteiger partial charge on any atom is 0.0207 e. The maximum absolute atomic E-state index is 3.58. The fourth-order valence-electron chi connectivity index (χ4n) is 2.26. The molecule has 82 valence electrons. The summed E-state index contributed by atoms with van der Waals surface area (Å²) in [7, 11) is 0. The molecular formula is C13H18BrN. The molecule has 2 rings (SSSR count). The first-order valence-electron chi connectivity index (χ1n) is 5.64. The smallest absolute Gasteiger partial charge is 0.0207 e. The van der Waals surface area contributed by atoms with E-state index in [-0.39, 0.29) is 0 Å². The Bertz CT molecular complexity index is 354. The van der Waals surface area contributed by atoms with Gasteiger partial charge in [0.05, 0.1) is 0 Å². The van der Waals surface area contributed by atoms with Crippen molar-refractivity contribution in [2.45, 2.75) is 26.7 Å². The summed E-state index contributed by atoms with van der Waals surface area (Å²) in [5.41, 5.74) is 4.36. The summed E-state index contributed by atoms with van der Waals surface area (Å²) in [5, 5.41) is 3.43. The van der Waals surface area contributed by atoms with Gasteiger partial charge in [0.15, 0.2) is 0 Å². The zero-order chi connectivity index (χ0) is 10.8. The topological polar surface area (TPSA) is 12.0 Å². The number of rotatable bonds is 2. The zero-order valence-electron chi connectivity index (χ0n) is 9.44.